The van der Waals surface area contributed by atoms with Gasteiger partial charge in [0, 0.05) is 30.7 Å². The average molecular weight is 381 g/mol. The standard InChI is InChI=1S/C21H23N3O4/c1-21(2,3)28-20(26)24-12-4-5-16(13-24)18-19(23-11-10-22-18)27-17-8-6-15(14-25)7-9-17/h6-11,13-14H,4-5,12H2,1-3H3. The fourth-order valence-corrected chi connectivity index (χ4v) is 2.75. The molecule has 1 aliphatic heterocycles. The zero-order chi connectivity index (χ0) is 20.1. The number of carbonyl (C=O) groups is 2. The number of allylic oxidation sites excluding steroid dienone is 1. The molecule has 1 amide bonds. The van der Waals surface area contributed by atoms with E-state index >= 15 is 0 Å². The molecule has 1 aliphatic rings. The Morgan fingerprint density at radius 3 is 2.54 bits per heavy atom. The van der Waals surface area contributed by atoms with E-state index in [4.69, 9.17) is 9.47 Å². The van der Waals surface area contributed by atoms with Gasteiger partial charge in [0.1, 0.15) is 23.3 Å². The molecular formula is C21H23N3O4. The number of amides is 1. The van der Waals surface area contributed by atoms with E-state index in [9.17, 15) is 9.59 Å². The second kappa shape index (κ2) is 8.21. The first-order valence-electron chi connectivity index (χ1n) is 9.10. The average Bonchev–Trinajstić information content (AvgIpc) is 2.68. The number of carbonyl (C=O) groups excluding carboxylic acids is 2. The predicted molar refractivity (Wildman–Crippen MR) is 104 cm³/mol. The Labute approximate surface area is 164 Å². The van der Waals surface area contributed by atoms with Crippen LogP contribution in [0, 0.1) is 0 Å². The van der Waals surface area contributed by atoms with Crippen LogP contribution in [-0.2, 0) is 4.74 Å². The van der Waals surface area contributed by atoms with E-state index in [0.717, 1.165) is 24.7 Å². The van der Waals surface area contributed by atoms with Crippen LogP contribution in [0.1, 0.15) is 49.7 Å². The fraction of sp³-hybridized carbons (Fsp3) is 0.333. The van der Waals surface area contributed by atoms with Crippen LogP contribution in [0.15, 0.2) is 42.9 Å². The molecular weight excluding hydrogens is 358 g/mol. The van der Waals surface area contributed by atoms with E-state index in [2.05, 4.69) is 9.97 Å². The molecule has 0 fully saturated rings. The number of aromatic nitrogens is 2. The van der Waals surface area contributed by atoms with Crippen molar-refractivity contribution in [1.29, 1.82) is 0 Å². The zero-order valence-electron chi connectivity index (χ0n) is 16.2. The SMILES string of the molecule is CC(C)(C)OC(=O)N1C=C(c2nccnc2Oc2ccc(C=O)cc2)CCC1. The van der Waals surface area contributed by atoms with Crippen molar-refractivity contribution in [2.24, 2.45) is 0 Å². The minimum Gasteiger partial charge on any atom is -0.443 e. The van der Waals surface area contributed by atoms with Gasteiger partial charge in [-0.3, -0.25) is 9.69 Å². The van der Waals surface area contributed by atoms with Crippen LogP contribution < -0.4 is 4.74 Å². The molecule has 7 heteroatoms. The van der Waals surface area contributed by atoms with Crippen LogP contribution in [0.3, 0.4) is 0 Å². The van der Waals surface area contributed by atoms with Crippen molar-refractivity contribution < 1.29 is 19.1 Å². The predicted octanol–water partition coefficient (Wildman–Crippen LogP) is 4.45. The Balaban J connectivity index is 1.84. The first kappa shape index (κ1) is 19.5. The Bertz CT molecular complexity index is 885. The number of hydrogen-bond acceptors (Lipinski definition) is 6. The maximum atomic E-state index is 12.4. The van der Waals surface area contributed by atoms with E-state index < -0.39 is 5.60 Å². The molecule has 2 aromatic rings. The van der Waals surface area contributed by atoms with Gasteiger partial charge in [0.15, 0.2) is 0 Å². The third-order valence-electron chi connectivity index (χ3n) is 3.98. The molecule has 0 radical (unpaired) electrons. The largest absolute Gasteiger partial charge is 0.443 e. The normalized spacial score (nSPS) is 14.2. The van der Waals surface area contributed by atoms with Crippen molar-refractivity contribution in [1.82, 2.24) is 14.9 Å². The van der Waals surface area contributed by atoms with Gasteiger partial charge in [-0.25, -0.2) is 14.8 Å². The first-order valence-corrected chi connectivity index (χ1v) is 9.10. The van der Waals surface area contributed by atoms with Crippen molar-refractivity contribution in [2.45, 2.75) is 39.2 Å². The van der Waals surface area contributed by atoms with Gasteiger partial charge >= 0.3 is 6.09 Å². The molecule has 0 saturated carbocycles. The number of hydrogen-bond donors (Lipinski definition) is 0. The summed E-state index contributed by atoms with van der Waals surface area (Å²) >= 11 is 0. The maximum Gasteiger partial charge on any atom is 0.414 e. The summed E-state index contributed by atoms with van der Waals surface area (Å²) in [7, 11) is 0. The third kappa shape index (κ3) is 4.94. The minimum absolute atomic E-state index is 0.346. The van der Waals surface area contributed by atoms with Gasteiger partial charge in [0.2, 0.25) is 5.88 Å². The molecule has 0 N–H and O–H groups in total. The highest BCUT2D eigenvalue weighted by molar-refractivity contribution is 5.76. The van der Waals surface area contributed by atoms with Crippen LogP contribution in [0.4, 0.5) is 4.79 Å². The first-order chi connectivity index (χ1) is 13.4. The van der Waals surface area contributed by atoms with Gasteiger partial charge in [0.05, 0.1) is 0 Å². The summed E-state index contributed by atoms with van der Waals surface area (Å²) in [5, 5.41) is 0. The molecule has 1 aromatic heterocycles. The molecule has 3 rings (SSSR count). The molecule has 146 valence electrons. The monoisotopic (exact) mass is 381 g/mol. The van der Waals surface area contributed by atoms with Gasteiger partial charge in [-0.1, -0.05) is 0 Å². The number of rotatable bonds is 4. The number of benzene rings is 1. The van der Waals surface area contributed by atoms with Gasteiger partial charge < -0.3 is 9.47 Å². The van der Waals surface area contributed by atoms with Crippen LogP contribution in [0.2, 0.25) is 0 Å². The van der Waals surface area contributed by atoms with Crippen molar-refractivity contribution in [3.05, 3.63) is 54.1 Å². The number of aldehydes is 1. The number of ether oxygens (including phenoxy) is 2. The molecule has 7 nitrogen and oxygen atoms in total. The Hall–Kier alpha value is -3.22. The summed E-state index contributed by atoms with van der Waals surface area (Å²) in [5.41, 5.74) is 1.44. The second-order valence-corrected chi connectivity index (χ2v) is 7.43. The van der Waals surface area contributed by atoms with E-state index in [-0.39, 0.29) is 6.09 Å². The lowest BCUT2D eigenvalue weighted by atomic mass is 10.0. The Morgan fingerprint density at radius 2 is 1.86 bits per heavy atom. The summed E-state index contributed by atoms with van der Waals surface area (Å²) < 4.78 is 11.3. The molecule has 2 heterocycles. The maximum absolute atomic E-state index is 12.4. The molecule has 0 saturated heterocycles. The van der Waals surface area contributed by atoms with E-state index in [1.807, 2.05) is 20.8 Å². The highest BCUT2D eigenvalue weighted by Gasteiger charge is 2.25. The van der Waals surface area contributed by atoms with Gasteiger partial charge in [-0.15, -0.1) is 0 Å². The zero-order valence-corrected chi connectivity index (χ0v) is 16.2. The number of nitrogens with zero attached hydrogens (tertiary/aromatic N) is 3. The summed E-state index contributed by atoms with van der Waals surface area (Å²) in [6.45, 7) is 6.10. The minimum atomic E-state index is -0.558. The highest BCUT2D eigenvalue weighted by Crippen LogP contribution is 2.31. The van der Waals surface area contributed by atoms with Crippen molar-refractivity contribution >= 4 is 18.0 Å². The smallest absolute Gasteiger partial charge is 0.414 e. The third-order valence-corrected chi connectivity index (χ3v) is 3.98. The lowest BCUT2D eigenvalue weighted by molar-refractivity contribution is 0.0329. The molecule has 0 aliphatic carbocycles. The fourth-order valence-electron chi connectivity index (χ4n) is 2.75. The van der Waals surface area contributed by atoms with Gasteiger partial charge in [-0.05, 0) is 63.5 Å². The topological polar surface area (TPSA) is 81.6 Å². The molecule has 1 aromatic carbocycles. The lowest BCUT2D eigenvalue weighted by Crippen LogP contribution is -2.35. The van der Waals surface area contributed by atoms with E-state index in [1.165, 1.54) is 0 Å². The van der Waals surface area contributed by atoms with E-state index in [0.29, 0.717) is 29.4 Å². The second-order valence-electron chi connectivity index (χ2n) is 7.43. The van der Waals surface area contributed by atoms with Gasteiger partial charge in [-0.2, -0.15) is 0 Å². The molecule has 0 unspecified atom stereocenters. The summed E-state index contributed by atoms with van der Waals surface area (Å²) in [5.74, 6) is 0.895. The Kier molecular flexibility index (Phi) is 5.73. The Morgan fingerprint density at radius 1 is 1.14 bits per heavy atom. The summed E-state index contributed by atoms with van der Waals surface area (Å²) in [6.07, 6.45) is 6.81. The van der Waals surface area contributed by atoms with Crippen LogP contribution >= 0.6 is 0 Å². The quantitative estimate of drug-likeness (QED) is 0.728. The van der Waals surface area contributed by atoms with Crippen LogP contribution in [0.25, 0.3) is 5.57 Å². The van der Waals surface area contributed by atoms with Crippen LogP contribution in [-0.4, -0.2) is 39.4 Å². The lowest BCUT2D eigenvalue weighted by Gasteiger charge is -2.28. The molecule has 0 atom stereocenters. The van der Waals surface area contributed by atoms with Crippen molar-refractivity contribution in [2.75, 3.05) is 6.54 Å². The summed E-state index contributed by atoms with van der Waals surface area (Å²) in [6, 6.07) is 6.74. The van der Waals surface area contributed by atoms with Crippen molar-refractivity contribution in [3.8, 4) is 11.6 Å². The molecule has 0 bridgehead atoms. The molecule has 28 heavy (non-hydrogen) atoms. The van der Waals surface area contributed by atoms with Crippen molar-refractivity contribution in [3.63, 3.8) is 0 Å². The van der Waals surface area contributed by atoms with Crippen LogP contribution in [0.5, 0.6) is 11.6 Å². The van der Waals surface area contributed by atoms with Gasteiger partial charge in [0.25, 0.3) is 0 Å². The van der Waals surface area contributed by atoms with E-state index in [1.54, 1.807) is 47.8 Å². The summed E-state index contributed by atoms with van der Waals surface area (Å²) in [4.78, 5) is 33.4. The molecule has 0 spiro atoms. The highest BCUT2D eigenvalue weighted by atomic mass is 16.6.